The van der Waals surface area contributed by atoms with Gasteiger partial charge in [-0.15, -0.1) is 23.1 Å². The average Bonchev–Trinajstić information content (AvgIpc) is 2.90. The van der Waals surface area contributed by atoms with Crippen LogP contribution in [0.15, 0.2) is 10.2 Å². The minimum absolute atomic E-state index is 0.173. The summed E-state index contributed by atoms with van der Waals surface area (Å²) in [6, 6.07) is 0. The number of nitrogens with zero attached hydrogens (tertiary/aromatic N) is 2. The molecule has 0 fully saturated rings. The molecule has 0 aliphatic carbocycles. The van der Waals surface area contributed by atoms with E-state index >= 15 is 0 Å². The summed E-state index contributed by atoms with van der Waals surface area (Å²) in [7, 11) is 1.42. The van der Waals surface area contributed by atoms with Crippen molar-refractivity contribution < 1.29 is 14.3 Å². The molecule has 3 heterocycles. The Labute approximate surface area is 153 Å². The molecule has 0 atom stereocenters. The minimum Gasteiger partial charge on any atom is -0.469 e. The average molecular weight is 385 g/mol. The minimum atomic E-state index is -0.195. The standard InChI is InChI=1S/C16H20N2O3S3/c1-16(2)7-9-10(8-21-16)24-14-12(9)13(17-15(18-14)22-4)23-6-5-11(19)20-3/h5-8H2,1-4H3. The van der Waals surface area contributed by atoms with E-state index in [1.807, 2.05) is 6.26 Å². The highest BCUT2D eigenvalue weighted by Crippen LogP contribution is 2.42. The summed E-state index contributed by atoms with van der Waals surface area (Å²) < 4.78 is 10.7. The third-order valence-electron chi connectivity index (χ3n) is 3.83. The Morgan fingerprint density at radius 2 is 2.21 bits per heavy atom. The predicted octanol–water partition coefficient (Wildman–Crippen LogP) is 3.92. The summed E-state index contributed by atoms with van der Waals surface area (Å²) in [4.78, 5) is 23.0. The van der Waals surface area contributed by atoms with Crippen molar-refractivity contribution in [2.75, 3.05) is 19.1 Å². The molecule has 5 nitrogen and oxygen atoms in total. The van der Waals surface area contributed by atoms with Crippen molar-refractivity contribution in [3.8, 4) is 0 Å². The van der Waals surface area contributed by atoms with E-state index in [-0.39, 0.29) is 11.6 Å². The lowest BCUT2D eigenvalue weighted by atomic mass is 9.95. The van der Waals surface area contributed by atoms with E-state index in [0.717, 1.165) is 26.8 Å². The third kappa shape index (κ3) is 3.71. The van der Waals surface area contributed by atoms with Gasteiger partial charge >= 0.3 is 5.97 Å². The molecule has 24 heavy (non-hydrogen) atoms. The van der Waals surface area contributed by atoms with Crippen LogP contribution >= 0.6 is 34.9 Å². The Balaban J connectivity index is 1.99. The molecule has 2 aromatic heterocycles. The summed E-state index contributed by atoms with van der Waals surface area (Å²) in [6.45, 7) is 4.85. The summed E-state index contributed by atoms with van der Waals surface area (Å²) in [6.07, 6.45) is 3.21. The molecule has 0 unspecified atom stereocenters. The van der Waals surface area contributed by atoms with Crippen molar-refractivity contribution in [3.63, 3.8) is 0 Å². The second-order valence-electron chi connectivity index (χ2n) is 6.10. The first-order chi connectivity index (χ1) is 11.4. The van der Waals surface area contributed by atoms with Crippen LogP contribution < -0.4 is 0 Å². The summed E-state index contributed by atoms with van der Waals surface area (Å²) >= 11 is 4.83. The van der Waals surface area contributed by atoms with E-state index in [1.165, 1.54) is 29.3 Å². The molecule has 0 amide bonds. The van der Waals surface area contributed by atoms with Crippen LogP contribution in [0.4, 0.5) is 0 Å². The Kier molecular flexibility index (Phi) is 5.39. The quantitative estimate of drug-likeness (QED) is 0.335. The SMILES string of the molecule is COC(=O)CCSc1nc(SC)nc2sc3c(c12)CC(C)(C)OC3. The highest BCUT2D eigenvalue weighted by atomic mass is 32.2. The number of carbonyl (C=O) groups is 1. The smallest absolute Gasteiger partial charge is 0.306 e. The van der Waals surface area contributed by atoms with Gasteiger partial charge in [-0.2, -0.15) is 0 Å². The molecule has 0 bridgehead atoms. The second kappa shape index (κ2) is 7.19. The van der Waals surface area contributed by atoms with Crippen molar-refractivity contribution >= 4 is 51.0 Å². The first-order valence-electron chi connectivity index (χ1n) is 7.63. The van der Waals surface area contributed by atoms with Crippen LogP contribution in [0.5, 0.6) is 0 Å². The highest BCUT2D eigenvalue weighted by Gasteiger charge is 2.31. The summed E-state index contributed by atoms with van der Waals surface area (Å²) in [5.74, 6) is 0.455. The van der Waals surface area contributed by atoms with Crippen molar-refractivity contribution in [1.29, 1.82) is 0 Å². The molecule has 8 heteroatoms. The largest absolute Gasteiger partial charge is 0.469 e. The fourth-order valence-corrected chi connectivity index (χ4v) is 5.25. The third-order valence-corrected chi connectivity index (χ3v) is 6.46. The zero-order valence-corrected chi connectivity index (χ0v) is 16.6. The van der Waals surface area contributed by atoms with Gasteiger partial charge in [-0.1, -0.05) is 11.8 Å². The Bertz CT molecular complexity index is 774. The van der Waals surface area contributed by atoms with Gasteiger partial charge in [-0.05, 0) is 25.7 Å². The Hall–Kier alpha value is -0.830. The summed E-state index contributed by atoms with van der Waals surface area (Å²) in [5, 5.41) is 2.87. The van der Waals surface area contributed by atoms with Crippen LogP contribution in [0.2, 0.25) is 0 Å². The molecule has 0 saturated carbocycles. The number of carbonyl (C=O) groups excluding carboxylic acids is 1. The molecule has 130 valence electrons. The number of fused-ring (bicyclic) bond motifs is 3. The molecule has 0 N–H and O–H groups in total. The molecule has 3 rings (SSSR count). The first-order valence-corrected chi connectivity index (χ1v) is 10.7. The van der Waals surface area contributed by atoms with Gasteiger partial charge in [-0.3, -0.25) is 4.79 Å². The van der Waals surface area contributed by atoms with Gasteiger partial charge in [0.1, 0.15) is 9.86 Å². The van der Waals surface area contributed by atoms with Gasteiger partial charge in [0, 0.05) is 22.4 Å². The number of thiophene rings is 1. The Morgan fingerprint density at radius 3 is 2.92 bits per heavy atom. The number of hydrogen-bond acceptors (Lipinski definition) is 8. The molecule has 0 saturated heterocycles. The molecule has 1 aliphatic rings. The number of methoxy groups -OCH3 is 1. The molecular weight excluding hydrogens is 364 g/mol. The van der Waals surface area contributed by atoms with Crippen LogP contribution in [0.25, 0.3) is 10.2 Å². The van der Waals surface area contributed by atoms with Gasteiger partial charge in [0.25, 0.3) is 0 Å². The zero-order chi connectivity index (χ0) is 17.3. The van der Waals surface area contributed by atoms with Crippen LogP contribution in [0.3, 0.4) is 0 Å². The van der Waals surface area contributed by atoms with Crippen molar-refractivity contribution in [1.82, 2.24) is 9.97 Å². The zero-order valence-electron chi connectivity index (χ0n) is 14.2. The van der Waals surface area contributed by atoms with Crippen LogP contribution in [0, 0.1) is 0 Å². The van der Waals surface area contributed by atoms with Gasteiger partial charge in [0.05, 0.1) is 25.7 Å². The molecule has 0 spiro atoms. The lowest BCUT2D eigenvalue weighted by molar-refractivity contribution is -0.140. The van der Waals surface area contributed by atoms with Crippen molar-refractivity contribution in [2.24, 2.45) is 0 Å². The maximum Gasteiger partial charge on any atom is 0.306 e. The second-order valence-corrected chi connectivity index (χ2v) is 9.04. The van der Waals surface area contributed by atoms with Gasteiger partial charge in [0.15, 0.2) is 5.16 Å². The number of thioether (sulfide) groups is 2. The topological polar surface area (TPSA) is 61.3 Å². The molecule has 0 aromatic carbocycles. The fourth-order valence-electron chi connectivity index (χ4n) is 2.62. The lowest BCUT2D eigenvalue weighted by Gasteiger charge is -2.30. The number of rotatable bonds is 5. The number of ether oxygens (including phenoxy) is 2. The number of esters is 1. The van der Waals surface area contributed by atoms with Gasteiger partial charge in [0.2, 0.25) is 0 Å². The number of aromatic nitrogens is 2. The molecule has 2 aromatic rings. The van der Waals surface area contributed by atoms with E-state index in [4.69, 9.17) is 14.5 Å². The van der Waals surface area contributed by atoms with Crippen LogP contribution in [-0.4, -0.2) is 40.7 Å². The first kappa shape index (κ1) is 18.0. The van der Waals surface area contributed by atoms with Gasteiger partial charge < -0.3 is 9.47 Å². The number of hydrogen-bond donors (Lipinski definition) is 0. The molecule has 1 aliphatic heterocycles. The maximum absolute atomic E-state index is 11.4. The molecular formula is C16H20N2O3S3. The fraction of sp³-hybridized carbons (Fsp3) is 0.562. The highest BCUT2D eigenvalue weighted by molar-refractivity contribution is 7.99. The van der Waals surface area contributed by atoms with E-state index < -0.39 is 0 Å². The van der Waals surface area contributed by atoms with E-state index in [1.54, 1.807) is 23.1 Å². The van der Waals surface area contributed by atoms with E-state index in [9.17, 15) is 4.79 Å². The van der Waals surface area contributed by atoms with E-state index in [2.05, 4.69) is 18.8 Å². The molecule has 0 radical (unpaired) electrons. The van der Waals surface area contributed by atoms with Crippen LogP contribution in [-0.2, 0) is 27.3 Å². The Morgan fingerprint density at radius 1 is 1.42 bits per heavy atom. The lowest BCUT2D eigenvalue weighted by Crippen LogP contribution is -2.31. The van der Waals surface area contributed by atoms with Crippen molar-refractivity contribution in [3.05, 3.63) is 10.4 Å². The maximum atomic E-state index is 11.4. The van der Waals surface area contributed by atoms with Crippen LogP contribution in [0.1, 0.15) is 30.7 Å². The monoisotopic (exact) mass is 384 g/mol. The van der Waals surface area contributed by atoms with Crippen molar-refractivity contribution in [2.45, 2.75) is 49.1 Å². The normalized spacial score (nSPS) is 16.2. The predicted molar refractivity (Wildman–Crippen MR) is 99.1 cm³/mol. The summed E-state index contributed by atoms with van der Waals surface area (Å²) in [5.41, 5.74) is 1.13. The van der Waals surface area contributed by atoms with E-state index in [0.29, 0.717) is 18.8 Å². The van der Waals surface area contributed by atoms with Gasteiger partial charge in [-0.25, -0.2) is 9.97 Å².